The van der Waals surface area contributed by atoms with Crippen LogP contribution in [0.25, 0.3) is 0 Å². The largest absolute Gasteiger partial charge is 0.465 e. The number of rotatable bonds is 3. The Bertz CT molecular complexity index is 496. The lowest BCUT2D eigenvalue weighted by Gasteiger charge is -2.06. The molecule has 2 rings (SSSR count). The van der Waals surface area contributed by atoms with Gasteiger partial charge in [0, 0.05) is 11.8 Å². The molecule has 0 aliphatic carbocycles. The lowest BCUT2D eigenvalue weighted by molar-refractivity contribution is 0.490. The molecule has 0 aromatic carbocycles. The third-order valence-corrected chi connectivity index (χ3v) is 2.35. The quantitative estimate of drug-likeness (QED) is 0.834. The van der Waals surface area contributed by atoms with Crippen LogP contribution in [0, 0.1) is 13.8 Å². The first-order valence-electron chi connectivity index (χ1n) is 4.93. The van der Waals surface area contributed by atoms with Gasteiger partial charge in [-0.25, -0.2) is 9.97 Å². The Balaban J connectivity index is 2.07. The second-order valence-electron chi connectivity index (χ2n) is 3.54. The van der Waals surface area contributed by atoms with Crippen molar-refractivity contribution in [2.24, 2.45) is 0 Å². The molecular formula is C11H12ClN3O. The van der Waals surface area contributed by atoms with E-state index in [2.05, 4.69) is 15.3 Å². The third kappa shape index (κ3) is 2.52. The van der Waals surface area contributed by atoms with Crippen molar-refractivity contribution in [3.8, 4) is 0 Å². The van der Waals surface area contributed by atoms with Crippen LogP contribution in [0.4, 0.5) is 5.82 Å². The van der Waals surface area contributed by atoms with E-state index in [1.54, 1.807) is 6.20 Å². The van der Waals surface area contributed by atoms with E-state index >= 15 is 0 Å². The molecule has 0 fully saturated rings. The molecule has 0 unspecified atom stereocenters. The van der Waals surface area contributed by atoms with Gasteiger partial charge in [0.2, 0.25) is 5.28 Å². The number of hydrogen-bond donors (Lipinski definition) is 1. The first-order valence-corrected chi connectivity index (χ1v) is 5.31. The van der Waals surface area contributed by atoms with Gasteiger partial charge in [-0.15, -0.1) is 0 Å². The molecule has 0 aliphatic heterocycles. The standard InChI is InChI=1S/C11H12ClN3O/c1-7-5-14-11(12)15-10(7)13-6-9-4-3-8(2)16-9/h3-5H,6H2,1-2H3,(H,13,14,15). The van der Waals surface area contributed by atoms with Crippen LogP contribution < -0.4 is 5.32 Å². The van der Waals surface area contributed by atoms with Crippen LogP contribution in [0.5, 0.6) is 0 Å². The monoisotopic (exact) mass is 237 g/mol. The zero-order valence-corrected chi connectivity index (χ0v) is 9.88. The molecule has 0 spiro atoms. The molecule has 0 saturated carbocycles. The molecule has 0 saturated heterocycles. The number of hydrogen-bond acceptors (Lipinski definition) is 4. The number of nitrogens with zero attached hydrogens (tertiary/aromatic N) is 2. The minimum atomic E-state index is 0.240. The molecule has 0 aliphatic rings. The predicted octanol–water partition coefficient (Wildman–Crippen LogP) is 2.95. The number of furan rings is 1. The highest BCUT2D eigenvalue weighted by Crippen LogP contribution is 2.14. The van der Waals surface area contributed by atoms with Gasteiger partial charge in [-0.1, -0.05) is 0 Å². The Hall–Kier alpha value is -1.55. The first-order chi connectivity index (χ1) is 7.65. The maximum atomic E-state index is 5.72. The maximum absolute atomic E-state index is 5.72. The molecule has 4 nitrogen and oxygen atoms in total. The zero-order chi connectivity index (χ0) is 11.5. The molecule has 2 aromatic rings. The molecule has 0 amide bonds. The lowest BCUT2D eigenvalue weighted by atomic mass is 10.3. The maximum Gasteiger partial charge on any atom is 0.224 e. The molecule has 0 radical (unpaired) electrons. The summed E-state index contributed by atoms with van der Waals surface area (Å²) in [7, 11) is 0. The van der Waals surface area contributed by atoms with E-state index in [0.29, 0.717) is 6.54 Å². The molecular weight excluding hydrogens is 226 g/mol. The van der Waals surface area contributed by atoms with Gasteiger partial charge in [-0.05, 0) is 37.6 Å². The highest BCUT2D eigenvalue weighted by Gasteiger charge is 2.03. The van der Waals surface area contributed by atoms with Crippen molar-refractivity contribution < 1.29 is 4.42 Å². The molecule has 16 heavy (non-hydrogen) atoms. The highest BCUT2D eigenvalue weighted by atomic mass is 35.5. The highest BCUT2D eigenvalue weighted by molar-refractivity contribution is 6.28. The van der Waals surface area contributed by atoms with Crippen molar-refractivity contribution in [3.05, 3.63) is 40.7 Å². The van der Waals surface area contributed by atoms with Crippen LogP contribution in [0.3, 0.4) is 0 Å². The summed E-state index contributed by atoms with van der Waals surface area (Å²) in [6.45, 7) is 4.42. The lowest BCUT2D eigenvalue weighted by Crippen LogP contribution is -2.03. The summed E-state index contributed by atoms with van der Waals surface area (Å²) >= 11 is 5.72. The Morgan fingerprint density at radius 1 is 1.38 bits per heavy atom. The molecule has 0 bridgehead atoms. The van der Waals surface area contributed by atoms with Crippen LogP contribution in [-0.2, 0) is 6.54 Å². The van der Waals surface area contributed by atoms with Gasteiger partial charge in [-0.3, -0.25) is 0 Å². The van der Waals surface area contributed by atoms with E-state index in [0.717, 1.165) is 22.9 Å². The number of aryl methyl sites for hydroxylation is 2. The van der Waals surface area contributed by atoms with Gasteiger partial charge in [0.1, 0.15) is 17.3 Å². The van der Waals surface area contributed by atoms with E-state index < -0.39 is 0 Å². The zero-order valence-electron chi connectivity index (χ0n) is 9.12. The van der Waals surface area contributed by atoms with Gasteiger partial charge in [0.15, 0.2) is 0 Å². The summed E-state index contributed by atoms with van der Waals surface area (Å²) in [4.78, 5) is 7.99. The number of nitrogens with one attached hydrogen (secondary N) is 1. The van der Waals surface area contributed by atoms with Crippen LogP contribution >= 0.6 is 11.6 Å². The number of halogens is 1. The van der Waals surface area contributed by atoms with Gasteiger partial charge in [0.05, 0.1) is 6.54 Å². The molecule has 2 aromatic heterocycles. The molecule has 1 N–H and O–H groups in total. The minimum Gasteiger partial charge on any atom is -0.465 e. The van der Waals surface area contributed by atoms with Crippen molar-refractivity contribution in [1.82, 2.24) is 9.97 Å². The van der Waals surface area contributed by atoms with Gasteiger partial charge in [0.25, 0.3) is 0 Å². The second kappa shape index (κ2) is 4.53. The van der Waals surface area contributed by atoms with E-state index in [9.17, 15) is 0 Å². The predicted molar refractivity (Wildman–Crippen MR) is 62.6 cm³/mol. The van der Waals surface area contributed by atoms with Crippen molar-refractivity contribution in [2.75, 3.05) is 5.32 Å². The molecule has 2 heterocycles. The van der Waals surface area contributed by atoms with Gasteiger partial charge >= 0.3 is 0 Å². The van der Waals surface area contributed by atoms with Crippen molar-refractivity contribution in [1.29, 1.82) is 0 Å². The average molecular weight is 238 g/mol. The topological polar surface area (TPSA) is 51.0 Å². The summed E-state index contributed by atoms with van der Waals surface area (Å²) < 4.78 is 5.44. The summed E-state index contributed by atoms with van der Waals surface area (Å²) in [6.07, 6.45) is 1.69. The summed E-state index contributed by atoms with van der Waals surface area (Å²) in [5, 5.41) is 3.39. The summed E-state index contributed by atoms with van der Waals surface area (Å²) in [5.74, 6) is 2.50. The Morgan fingerprint density at radius 3 is 2.88 bits per heavy atom. The SMILES string of the molecule is Cc1ccc(CNc2nc(Cl)ncc2C)o1. The average Bonchev–Trinajstić information content (AvgIpc) is 2.66. The van der Waals surface area contributed by atoms with Crippen molar-refractivity contribution in [2.45, 2.75) is 20.4 Å². The Kier molecular flexibility index (Phi) is 3.10. The van der Waals surface area contributed by atoms with E-state index in [-0.39, 0.29) is 5.28 Å². The van der Waals surface area contributed by atoms with Crippen molar-refractivity contribution in [3.63, 3.8) is 0 Å². The van der Waals surface area contributed by atoms with Gasteiger partial charge < -0.3 is 9.73 Å². The second-order valence-corrected chi connectivity index (χ2v) is 3.87. The normalized spacial score (nSPS) is 10.4. The number of anilines is 1. The summed E-state index contributed by atoms with van der Waals surface area (Å²) in [5.41, 5.74) is 0.952. The minimum absolute atomic E-state index is 0.240. The fourth-order valence-electron chi connectivity index (χ4n) is 1.35. The fraction of sp³-hybridized carbons (Fsp3) is 0.273. The van der Waals surface area contributed by atoms with Crippen molar-refractivity contribution >= 4 is 17.4 Å². The molecule has 84 valence electrons. The Labute approximate surface area is 98.7 Å². The molecule has 5 heteroatoms. The van der Waals surface area contributed by atoms with Crippen LogP contribution in [0.1, 0.15) is 17.1 Å². The van der Waals surface area contributed by atoms with Crippen LogP contribution in [-0.4, -0.2) is 9.97 Å². The van der Waals surface area contributed by atoms with E-state index in [4.69, 9.17) is 16.0 Å². The fourth-order valence-corrected chi connectivity index (χ4v) is 1.48. The third-order valence-electron chi connectivity index (χ3n) is 2.17. The Morgan fingerprint density at radius 2 is 2.19 bits per heavy atom. The first kappa shape index (κ1) is 11.0. The van der Waals surface area contributed by atoms with Gasteiger partial charge in [-0.2, -0.15) is 0 Å². The molecule has 0 atom stereocenters. The number of aromatic nitrogens is 2. The van der Waals surface area contributed by atoms with Crippen LogP contribution in [0.15, 0.2) is 22.7 Å². The van der Waals surface area contributed by atoms with E-state index in [1.165, 1.54) is 0 Å². The smallest absolute Gasteiger partial charge is 0.224 e. The van der Waals surface area contributed by atoms with Crippen LogP contribution in [0.2, 0.25) is 5.28 Å². The van der Waals surface area contributed by atoms with E-state index in [1.807, 2.05) is 26.0 Å². The summed E-state index contributed by atoms with van der Waals surface area (Å²) in [6, 6.07) is 3.86.